The first-order valence-electron chi connectivity index (χ1n) is 16.0. The van der Waals surface area contributed by atoms with Crippen LogP contribution in [0.5, 0.6) is 0 Å². The zero-order valence-corrected chi connectivity index (χ0v) is 24.2. The third kappa shape index (κ3) is 18.2. The molecule has 1 aliphatic rings. The standard InChI is InChI=1S/C32H60O4/c1-3-5-7-9-11-13-15-17-19-21-27-35-31(33)29-23-25-30(26-24-29)32(34)36-28-22-20-18-16-14-12-10-8-6-4-2/h29-30H,3-28H2,1-2H3. The van der Waals surface area contributed by atoms with E-state index in [1.807, 2.05) is 0 Å². The van der Waals surface area contributed by atoms with E-state index >= 15 is 0 Å². The molecule has 0 unspecified atom stereocenters. The second kappa shape index (κ2) is 24.3. The Morgan fingerprint density at radius 1 is 0.444 bits per heavy atom. The fraction of sp³-hybridized carbons (Fsp3) is 0.938. The van der Waals surface area contributed by atoms with Crippen LogP contribution in [0.25, 0.3) is 0 Å². The maximum Gasteiger partial charge on any atom is 0.308 e. The maximum atomic E-state index is 12.4. The minimum absolute atomic E-state index is 0.0286. The van der Waals surface area contributed by atoms with Crippen molar-refractivity contribution in [3.8, 4) is 0 Å². The molecular formula is C32H60O4. The van der Waals surface area contributed by atoms with Crippen LogP contribution in [-0.2, 0) is 19.1 Å². The van der Waals surface area contributed by atoms with Gasteiger partial charge in [0.15, 0.2) is 0 Å². The average Bonchev–Trinajstić information content (AvgIpc) is 2.90. The molecule has 0 spiro atoms. The molecule has 0 heterocycles. The molecule has 1 saturated carbocycles. The van der Waals surface area contributed by atoms with Gasteiger partial charge in [0.05, 0.1) is 25.0 Å². The van der Waals surface area contributed by atoms with Crippen LogP contribution in [0.4, 0.5) is 0 Å². The third-order valence-corrected chi connectivity index (χ3v) is 7.88. The zero-order chi connectivity index (χ0) is 26.1. The van der Waals surface area contributed by atoms with Crippen molar-refractivity contribution >= 4 is 11.9 Å². The van der Waals surface area contributed by atoms with Gasteiger partial charge in [0, 0.05) is 0 Å². The van der Waals surface area contributed by atoms with E-state index in [1.165, 1.54) is 103 Å². The van der Waals surface area contributed by atoms with Gasteiger partial charge in [-0.05, 0) is 38.5 Å². The van der Waals surface area contributed by atoms with E-state index < -0.39 is 0 Å². The van der Waals surface area contributed by atoms with Crippen molar-refractivity contribution in [3.63, 3.8) is 0 Å². The molecule has 4 nitrogen and oxygen atoms in total. The molecule has 1 aliphatic carbocycles. The van der Waals surface area contributed by atoms with Crippen LogP contribution in [0.1, 0.15) is 168 Å². The zero-order valence-electron chi connectivity index (χ0n) is 24.2. The van der Waals surface area contributed by atoms with E-state index in [4.69, 9.17) is 9.47 Å². The summed E-state index contributed by atoms with van der Waals surface area (Å²) in [6, 6.07) is 0. The van der Waals surface area contributed by atoms with E-state index in [-0.39, 0.29) is 23.8 Å². The molecule has 1 rings (SSSR count). The molecular weight excluding hydrogens is 448 g/mol. The first-order chi connectivity index (χ1) is 17.7. The quantitative estimate of drug-likeness (QED) is 0.0961. The van der Waals surface area contributed by atoms with Gasteiger partial charge in [-0.25, -0.2) is 0 Å². The van der Waals surface area contributed by atoms with Crippen LogP contribution in [0.15, 0.2) is 0 Å². The Kier molecular flexibility index (Phi) is 22.2. The molecule has 0 aromatic rings. The van der Waals surface area contributed by atoms with Crippen molar-refractivity contribution in [2.45, 2.75) is 168 Å². The summed E-state index contributed by atoms with van der Waals surface area (Å²) in [6.07, 6.45) is 28.7. The Morgan fingerprint density at radius 2 is 0.694 bits per heavy atom. The van der Waals surface area contributed by atoms with E-state index in [9.17, 15) is 9.59 Å². The Hall–Kier alpha value is -1.06. The normalized spacial score (nSPS) is 17.7. The van der Waals surface area contributed by atoms with Gasteiger partial charge < -0.3 is 9.47 Å². The van der Waals surface area contributed by atoms with Gasteiger partial charge in [0.25, 0.3) is 0 Å². The molecule has 4 heteroatoms. The van der Waals surface area contributed by atoms with E-state index in [2.05, 4.69) is 13.8 Å². The molecule has 36 heavy (non-hydrogen) atoms. The summed E-state index contributed by atoms with van der Waals surface area (Å²) in [6.45, 7) is 5.62. The summed E-state index contributed by atoms with van der Waals surface area (Å²) in [4.78, 5) is 24.8. The molecule has 0 aromatic carbocycles. The summed E-state index contributed by atoms with van der Waals surface area (Å²) in [5.74, 6) is -0.163. The van der Waals surface area contributed by atoms with Gasteiger partial charge in [0.1, 0.15) is 0 Å². The topological polar surface area (TPSA) is 52.6 Å². The smallest absolute Gasteiger partial charge is 0.308 e. The maximum absolute atomic E-state index is 12.4. The molecule has 0 bridgehead atoms. The highest BCUT2D eigenvalue weighted by atomic mass is 16.5. The van der Waals surface area contributed by atoms with E-state index in [0.29, 0.717) is 13.2 Å². The summed E-state index contributed by atoms with van der Waals surface area (Å²) < 4.78 is 11.1. The van der Waals surface area contributed by atoms with Gasteiger partial charge in [-0.15, -0.1) is 0 Å². The van der Waals surface area contributed by atoms with Crippen LogP contribution in [-0.4, -0.2) is 25.2 Å². The summed E-state index contributed by atoms with van der Waals surface area (Å²) >= 11 is 0. The number of ether oxygens (including phenoxy) is 2. The minimum Gasteiger partial charge on any atom is -0.465 e. The van der Waals surface area contributed by atoms with Gasteiger partial charge >= 0.3 is 11.9 Å². The first kappa shape index (κ1) is 33.0. The summed E-state index contributed by atoms with van der Waals surface area (Å²) in [5.41, 5.74) is 0. The van der Waals surface area contributed by atoms with Crippen molar-refractivity contribution < 1.29 is 19.1 Å². The minimum atomic E-state index is -0.0527. The van der Waals surface area contributed by atoms with Crippen molar-refractivity contribution in [2.24, 2.45) is 11.8 Å². The molecule has 0 amide bonds. The van der Waals surface area contributed by atoms with Gasteiger partial charge in [-0.1, -0.05) is 129 Å². The second-order valence-corrected chi connectivity index (χ2v) is 11.2. The van der Waals surface area contributed by atoms with Crippen LogP contribution in [0.2, 0.25) is 0 Å². The average molecular weight is 509 g/mol. The van der Waals surface area contributed by atoms with Crippen LogP contribution < -0.4 is 0 Å². The van der Waals surface area contributed by atoms with Crippen molar-refractivity contribution in [1.29, 1.82) is 0 Å². The lowest BCUT2D eigenvalue weighted by atomic mass is 9.82. The van der Waals surface area contributed by atoms with E-state index in [1.54, 1.807) is 0 Å². The second-order valence-electron chi connectivity index (χ2n) is 11.2. The van der Waals surface area contributed by atoms with Crippen molar-refractivity contribution in [2.75, 3.05) is 13.2 Å². The molecule has 0 aliphatic heterocycles. The van der Waals surface area contributed by atoms with Gasteiger partial charge in [-0.2, -0.15) is 0 Å². The number of esters is 2. The van der Waals surface area contributed by atoms with Gasteiger partial charge in [-0.3, -0.25) is 9.59 Å². The first-order valence-corrected chi connectivity index (χ1v) is 16.0. The van der Waals surface area contributed by atoms with Gasteiger partial charge in [0.2, 0.25) is 0 Å². The highest BCUT2D eigenvalue weighted by Gasteiger charge is 2.31. The lowest BCUT2D eigenvalue weighted by molar-refractivity contribution is -0.155. The van der Waals surface area contributed by atoms with Crippen molar-refractivity contribution in [3.05, 3.63) is 0 Å². The van der Waals surface area contributed by atoms with E-state index in [0.717, 1.165) is 51.4 Å². The lowest BCUT2D eigenvalue weighted by Crippen LogP contribution is -2.28. The number of rotatable bonds is 24. The summed E-state index contributed by atoms with van der Waals surface area (Å²) in [7, 11) is 0. The fourth-order valence-electron chi connectivity index (χ4n) is 5.33. The molecule has 212 valence electrons. The van der Waals surface area contributed by atoms with Crippen LogP contribution in [0, 0.1) is 11.8 Å². The predicted molar refractivity (Wildman–Crippen MR) is 151 cm³/mol. The largest absolute Gasteiger partial charge is 0.465 e. The molecule has 0 aromatic heterocycles. The molecule has 0 saturated heterocycles. The monoisotopic (exact) mass is 508 g/mol. The Morgan fingerprint density at radius 3 is 0.972 bits per heavy atom. The highest BCUT2D eigenvalue weighted by molar-refractivity contribution is 5.75. The van der Waals surface area contributed by atoms with Crippen LogP contribution in [0.3, 0.4) is 0 Å². The summed E-state index contributed by atoms with van der Waals surface area (Å²) in [5, 5.41) is 0. The SMILES string of the molecule is CCCCCCCCCCCCOC(=O)C1CCC(C(=O)OCCCCCCCCCCCC)CC1. The third-order valence-electron chi connectivity index (χ3n) is 7.88. The number of carbonyl (C=O) groups is 2. The lowest BCUT2D eigenvalue weighted by Gasteiger charge is -2.26. The fourth-order valence-corrected chi connectivity index (χ4v) is 5.33. The number of carbonyl (C=O) groups excluding carboxylic acids is 2. The van der Waals surface area contributed by atoms with Crippen LogP contribution >= 0.6 is 0 Å². The number of hydrogen-bond donors (Lipinski definition) is 0. The Bertz CT molecular complexity index is 464. The molecule has 0 radical (unpaired) electrons. The number of hydrogen-bond acceptors (Lipinski definition) is 4. The Labute approximate surface area is 224 Å². The molecule has 0 atom stereocenters. The predicted octanol–water partition coefficient (Wildman–Crippen LogP) is 9.72. The Balaban J connectivity index is 1.93. The number of unbranched alkanes of at least 4 members (excludes halogenated alkanes) is 18. The molecule has 0 N–H and O–H groups in total. The highest BCUT2D eigenvalue weighted by Crippen LogP contribution is 2.30. The molecule has 1 fully saturated rings. The van der Waals surface area contributed by atoms with Crippen molar-refractivity contribution in [1.82, 2.24) is 0 Å².